The number of hydrogen-bond acceptors (Lipinski definition) is 10. The van der Waals surface area contributed by atoms with E-state index in [1.54, 1.807) is 37.6 Å². The number of piperazine rings is 1. The minimum atomic E-state index is 0.395. The first-order valence-electron chi connectivity index (χ1n) is 13.3. The van der Waals surface area contributed by atoms with Gasteiger partial charge in [-0.25, -0.2) is 24.9 Å². The van der Waals surface area contributed by atoms with Gasteiger partial charge in [0.15, 0.2) is 22.8 Å². The molecule has 0 bridgehead atoms. The van der Waals surface area contributed by atoms with Gasteiger partial charge < -0.3 is 14.2 Å². The fraction of sp³-hybridized carbons (Fsp3) is 0.276. The Kier molecular flexibility index (Phi) is 6.76. The van der Waals surface area contributed by atoms with Crippen LogP contribution in [0.3, 0.4) is 0 Å². The van der Waals surface area contributed by atoms with E-state index < -0.39 is 0 Å². The van der Waals surface area contributed by atoms with Crippen molar-refractivity contribution in [3.63, 3.8) is 0 Å². The second-order valence-corrected chi connectivity index (χ2v) is 11.0. The van der Waals surface area contributed by atoms with Gasteiger partial charge in [0, 0.05) is 57.1 Å². The molecule has 2 aliphatic heterocycles. The zero-order valence-electron chi connectivity index (χ0n) is 22.2. The Hall–Kier alpha value is -4.06. The predicted octanol–water partition coefficient (Wildman–Crippen LogP) is 4.19. The van der Waals surface area contributed by atoms with Crippen molar-refractivity contribution in [3.8, 4) is 0 Å². The van der Waals surface area contributed by atoms with E-state index in [0.717, 1.165) is 76.7 Å². The monoisotopic (exact) mass is 551 g/mol. The molecular formula is C29H29N9OS. The number of nitrogens with zero attached hydrogens (tertiary/aromatic N) is 9. The van der Waals surface area contributed by atoms with E-state index in [0.29, 0.717) is 13.3 Å². The molecule has 1 saturated heterocycles. The molecule has 7 rings (SSSR count). The first kappa shape index (κ1) is 24.9. The van der Waals surface area contributed by atoms with Crippen molar-refractivity contribution in [2.75, 3.05) is 49.8 Å². The molecule has 0 atom stereocenters. The third-order valence-corrected chi connectivity index (χ3v) is 8.38. The highest BCUT2D eigenvalue weighted by Gasteiger charge is 2.26. The van der Waals surface area contributed by atoms with Gasteiger partial charge in [-0.3, -0.25) is 9.80 Å². The lowest BCUT2D eigenvalue weighted by Gasteiger charge is -2.35. The van der Waals surface area contributed by atoms with Gasteiger partial charge in [-0.15, -0.1) is 0 Å². The highest BCUT2D eigenvalue weighted by Crippen LogP contribution is 2.46. The van der Waals surface area contributed by atoms with Crippen LogP contribution in [-0.4, -0.2) is 74.4 Å². The first-order valence-corrected chi connectivity index (χ1v) is 14.1. The lowest BCUT2D eigenvalue weighted by Crippen LogP contribution is -2.46. The summed E-state index contributed by atoms with van der Waals surface area (Å²) in [5, 5.41) is 0.880. The first-order chi connectivity index (χ1) is 19.8. The second kappa shape index (κ2) is 10.8. The summed E-state index contributed by atoms with van der Waals surface area (Å²) in [6.07, 6.45) is 6.97. The maximum absolute atomic E-state index is 5.51. The molecule has 0 unspecified atom stereocenters. The van der Waals surface area contributed by atoms with Gasteiger partial charge in [0.2, 0.25) is 0 Å². The molecule has 202 valence electrons. The van der Waals surface area contributed by atoms with Crippen LogP contribution in [0.1, 0.15) is 11.1 Å². The van der Waals surface area contributed by atoms with Gasteiger partial charge >= 0.3 is 0 Å². The molecule has 3 aromatic heterocycles. The number of ether oxygens (including phenoxy) is 1. The van der Waals surface area contributed by atoms with Crippen LogP contribution < -0.4 is 9.80 Å². The van der Waals surface area contributed by atoms with Crippen molar-refractivity contribution < 1.29 is 4.74 Å². The summed E-state index contributed by atoms with van der Waals surface area (Å²) in [5.41, 5.74) is 5.24. The van der Waals surface area contributed by atoms with Gasteiger partial charge in [0.1, 0.15) is 18.1 Å². The van der Waals surface area contributed by atoms with Gasteiger partial charge in [0.25, 0.3) is 0 Å². The largest absolute Gasteiger partial charge is 0.364 e. The standard InChI is InChI=1S/C29H29N9OS/c1-39-20-38-23-15-22(7-8-24(23)40-29-28(38)30-9-10-31-29)17-37-19-34-25-26(32-18-33-27(25)37)36-13-11-35(12-14-36)16-21-5-3-2-4-6-21/h2-10,15,18-19H,11-14,16-17,20H2,1H3. The topological polar surface area (TPSA) is 88.3 Å². The summed E-state index contributed by atoms with van der Waals surface area (Å²) < 4.78 is 7.61. The van der Waals surface area contributed by atoms with Crippen LogP contribution in [0.5, 0.6) is 0 Å². The fourth-order valence-electron chi connectivity index (χ4n) is 5.38. The number of anilines is 3. The van der Waals surface area contributed by atoms with Crippen molar-refractivity contribution in [2.45, 2.75) is 23.0 Å². The average Bonchev–Trinajstić information content (AvgIpc) is 3.41. The van der Waals surface area contributed by atoms with E-state index in [1.807, 2.05) is 6.33 Å². The zero-order chi connectivity index (χ0) is 26.9. The smallest absolute Gasteiger partial charge is 0.168 e. The SMILES string of the molecule is COCN1c2cc(Cn3cnc4c(N5CCN(Cc6ccccc6)CC5)ncnc43)ccc2Sc2nccnc21. The Bertz CT molecular complexity index is 1640. The van der Waals surface area contributed by atoms with Crippen LogP contribution in [-0.2, 0) is 17.8 Å². The number of rotatable bonds is 7. The van der Waals surface area contributed by atoms with Crippen molar-refractivity contribution in [1.29, 1.82) is 0 Å². The number of hydrogen-bond donors (Lipinski definition) is 0. The van der Waals surface area contributed by atoms with Gasteiger partial charge in [-0.05, 0) is 23.3 Å². The Morgan fingerprint density at radius 2 is 1.68 bits per heavy atom. The van der Waals surface area contributed by atoms with Gasteiger partial charge in [-0.2, -0.15) is 0 Å². The molecule has 1 fully saturated rings. The highest BCUT2D eigenvalue weighted by atomic mass is 32.2. The van der Waals surface area contributed by atoms with E-state index in [4.69, 9.17) is 9.72 Å². The van der Waals surface area contributed by atoms with Gasteiger partial charge in [-0.1, -0.05) is 48.2 Å². The summed E-state index contributed by atoms with van der Waals surface area (Å²) in [6.45, 7) is 5.80. The maximum atomic E-state index is 5.51. The van der Waals surface area contributed by atoms with Crippen LogP contribution >= 0.6 is 11.8 Å². The minimum Gasteiger partial charge on any atom is -0.364 e. The third-order valence-electron chi connectivity index (χ3n) is 7.34. The molecular weight excluding hydrogens is 522 g/mol. The maximum Gasteiger partial charge on any atom is 0.168 e. The number of imidazole rings is 1. The van der Waals surface area contributed by atoms with Crippen molar-refractivity contribution in [1.82, 2.24) is 34.4 Å². The lowest BCUT2D eigenvalue weighted by molar-refractivity contribution is 0.204. The van der Waals surface area contributed by atoms with Crippen molar-refractivity contribution >= 4 is 40.2 Å². The normalized spacial score (nSPS) is 15.3. The number of methoxy groups -OCH3 is 1. The Morgan fingerprint density at radius 1 is 0.825 bits per heavy atom. The Labute approximate surface area is 236 Å². The number of aromatic nitrogens is 6. The van der Waals surface area contributed by atoms with Crippen LogP contribution in [0.4, 0.5) is 17.3 Å². The van der Waals surface area contributed by atoms with Crippen molar-refractivity contribution in [3.05, 3.63) is 84.7 Å². The van der Waals surface area contributed by atoms with Crippen LogP contribution in [0.2, 0.25) is 0 Å². The van der Waals surface area contributed by atoms with Crippen LogP contribution in [0.25, 0.3) is 11.2 Å². The molecule has 40 heavy (non-hydrogen) atoms. The molecule has 11 heteroatoms. The van der Waals surface area contributed by atoms with Crippen LogP contribution in [0.15, 0.2) is 83.5 Å². The Morgan fingerprint density at radius 3 is 2.52 bits per heavy atom. The molecule has 0 spiro atoms. The molecule has 0 saturated carbocycles. The molecule has 10 nitrogen and oxygen atoms in total. The molecule has 5 heterocycles. The molecule has 2 aromatic carbocycles. The molecule has 0 N–H and O–H groups in total. The third kappa shape index (κ3) is 4.76. The highest BCUT2D eigenvalue weighted by molar-refractivity contribution is 7.99. The average molecular weight is 552 g/mol. The van der Waals surface area contributed by atoms with Crippen molar-refractivity contribution in [2.24, 2.45) is 0 Å². The minimum absolute atomic E-state index is 0.395. The molecule has 2 aliphatic rings. The van der Waals surface area contributed by atoms with E-state index in [2.05, 4.69) is 87.7 Å². The summed E-state index contributed by atoms with van der Waals surface area (Å²) in [6, 6.07) is 17.1. The lowest BCUT2D eigenvalue weighted by atomic mass is 10.1. The number of benzene rings is 2. The van der Waals surface area contributed by atoms with E-state index in [1.165, 1.54) is 5.56 Å². The van der Waals surface area contributed by atoms with E-state index in [-0.39, 0.29) is 0 Å². The molecule has 0 amide bonds. The fourth-order valence-corrected chi connectivity index (χ4v) is 6.37. The Balaban J connectivity index is 1.10. The zero-order valence-corrected chi connectivity index (χ0v) is 23.0. The van der Waals surface area contributed by atoms with Crippen LogP contribution in [0, 0.1) is 0 Å². The summed E-state index contributed by atoms with van der Waals surface area (Å²) in [7, 11) is 1.69. The number of fused-ring (bicyclic) bond motifs is 3. The van der Waals surface area contributed by atoms with Gasteiger partial charge in [0.05, 0.1) is 18.6 Å². The molecule has 0 aliphatic carbocycles. The quantitative estimate of drug-likeness (QED) is 0.293. The summed E-state index contributed by atoms with van der Waals surface area (Å²) in [5.74, 6) is 1.72. The molecule has 5 aromatic rings. The summed E-state index contributed by atoms with van der Waals surface area (Å²) >= 11 is 1.63. The predicted molar refractivity (Wildman–Crippen MR) is 155 cm³/mol. The summed E-state index contributed by atoms with van der Waals surface area (Å²) in [4.78, 5) is 31.1. The van der Waals surface area contributed by atoms with E-state index >= 15 is 0 Å². The molecule has 0 radical (unpaired) electrons. The van der Waals surface area contributed by atoms with E-state index in [9.17, 15) is 0 Å². The second-order valence-electron chi connectivity index (χ2n) is 9.93.